The quantitative estimate of drug-likeness (QED) is 0.916. The Morgan fingerprint density at radius 1 is 1.25 bits per heavy atom. The fraction of sp³-hybridized carbons (Fsp3) is 0.353. The van der Waals surface area contributed by atoms with Gasteiger partial charge in [-0.25, -0.2) is 13.8 Å². The second-order valence-corrected chi connectivity index (χ2v) is 6.09. The van der Waals surface area contributed by atoms with Gasteiger partial charge in [0.1, 0.15) is 29.1 Å². The lowest BCUT2D eigenvalue weighted by Crippen LogP contribution is -2.35. The van der Waals surface area contributed by atoms with E-state index in [0.717, 1.165) is 38.1 Å². The van der Waals surface area contributed by atoms with Crippen molar-refractivity contribution in [1.82, 2.24) is 9.97 Å². The van der Waals surface area contributed by atoms with Gasteiger partial charge in [0, 0.05) is 24.7 Å². The fourth-order valence-electron chi connectivity index (χ4n) is 2.99. The van der Waals surface area contributed by atoms with Gasteiger partial charge in [0.15, 0.2) is 0 Å². The van der Waals surface area contributed by atoms with Crippen molar-refractivity contribution < 1.29 is 8.78 Å². The Kier molecular flexibility index (Phi) is 4.30. The van der Waals surface area contributed by atoms with E-state index in [4.69, 9.17) is 11.0 Å². The summed E-state index contributed by atoms with van der Waals surface area (Å²) in [6.45, 7) is 3.88. The molecule has 1 atom stereocenters. The van der Waals surface area contributed by atoms with Gasteiger partial charge >= 0.3 is 0 Å². The molecule has 1 aromatic heterocycles. The van der Waals surface area contributed by atoms with Gasteiger partial charge in [0.05, 0.1) is 5.69 Å². The maximum Gasteiger partial charge on any atom is 0.222 e. The molecule has 1 unspecified atom stereocenters. The van der Waals surface area contributed by atoms with Gasteiger partial charge in [0.25, 0.3) is 0 Å². The third-order valence-electron chi connectivity index (χ3n) is 4.16. The van der Waals surface area contributed by atoms with Gasteiger partial charge in [0.2, 0.25) is 5.95 Å². The van der Waals surface area contributed by atoms with Gasteiger partial charge in [-0.1, -0.05) is 6.92 Å². The van der Waals surface area contributed by atoms with E-state index in [2.05, 4.69) is 21.8 Å². The van der Waals surface area contributed by atoms with Gasteiger partial charge in [-0.05, 0) is 30.9 Å². The summed E-state index contributed by atoms with van der Waals surface area (Å²) in [5, 5.41) is 8.76. The summed E-state index contributed by atoms with van der Waals surface area (Å²) < 4.78 is 27.7. The van der Waals surface area contributed by atoms with E-state index in [1.807, 2.05) is 0 Å². The first-order chi connectivity index (χ1) is 11.5. The Morgan fingerprint density at radius 3 is 2.58 bits per heavy atom. The number of rotatable bonds is 2. The zero-order valence-electron chi connectivity index (χ0n) is 13.3. The third kappa shape index (κ3) is 3.13. The molecule has 7 heteroatoms. The summed E-state index contributed by atoms with van der Waals surface area (Å²) >= 11 is 0. The van der Waals surface area contributed by atoms with E-state index < -0.39 is 17.2 Å². The van der Waals surface area contributed by atoms with Crippen LogP contribution in [0.1, 0.15) is 25.3 Å². The van der Waals surface area contributed by atoms with Gasteiger partial charge < -0.3 is 10.6 Å². The second-order valence-electron chi connectivity index (χ2n) is 6.09. The predicted octanol–water partition coefficient (Wildman–Crippen LogP) is 3.11. The first-order valence-electron chi connectivity index (χ1n) is 7.77. The van der Waals surface area contributed by atoms with Gasteiger partial charge in [-0.2, -0.15) is 10.2 Å². The largest absolute Gasteiger partial charge is 0.368 e. The molecule has 0 radical (unpaired) electrons. The van der Waals surface area contributed by atoms with Crippen LogP contribution < -0.4 is 10.6 Å². The minimum Gasteiger partial charge on any atom is -0.368 e. The van der Waals surface area contributed by atoms with Gasteiger partial charge in [-0.3, -0.25) is 0 Å². The highest BCUT2D eigenvalue weighted by atomic mass is 19.1. The number of halogens is 2. The zero-order valence-corrected chi connectivity index (χ0v) is 13.3. The summed E-state index contributed by atoms with van der Waals surface area (Å²) in [5.74, 6) is -0.598. The molecule has 2 heterocycles. The van der Waals surface area contributed by atoms with E-state index in [1.54, 1.807) is 6.07 Å². The summed E-state index contributed by atoms with van der Waals surface area (Å²) in [5.41, 5.74) is 5.73. The monoisotopic (exact) mass is 329 g/mol. The van der Waals surface area contributed by atoms with Crippen LogP contribution >= 0.6 is 0 Å². The molecule has 24 heavy (non-hydrogen) atoms. The van der Waals surface area contributed by atoms with Gasteiger partial charge in [-0.15, -0.1) is 0 Å². The lowest BCUT2D eigenvalue weighted by molar-refractivity contribution is 0.444. The molecule has 1 saturated heterocycles. The van der Waals surface area contributed by atoms with Crippen molar-refractivity contribution in [3.63, 3.8) is 0 Å². The summed E-state index contributed by atoms with van der Waals surface area (Å²) in [6, 6.07) is 5.36. The number of piperidine rings is 1. The molecular formula is C17H17F2N5. The van der Waals surface area contributed by atoms with E-state index in [-0.39, 0.29) is 11.5 Å². The van der Waals surface area contributed by atoms with E-state index in [1.165, 1.54) is 6.07 Å². The van der Waals surface area contributed by atoms with Crippen LogP contribution in [0.3, 0.4) is 0 Å². The summed E-state index contributed by atoms with van der Waals surface area (Å²) in [7, 11) is 0. The first-order valence-corrected chi connectivity index (χ1v) is 7.77. The molecule has 0 bridgehead atoms. The molecular weight excluding hydrogens is 312 g/mol. The Bertz CT molecular complexity index is 792. The third-order valence-corrected chi connectivity index (χ3v) is 4.16. The van der Waals surface area contributed by atoms with Crippen LogP contribution in [0, 0.1) is 28.9 Å². The number of aromatic nitrogens is 2. The summed E-state index contributed by atoms with van der Waals surface area (Å²) in [6.07, 6.45) is 2.22. The SMILES string of the molecule is CC1CCCN(c2cc(-c3cc(F)c(C#N)c(F)c3)nc(N)n2)C1. The Balaban J connectivity index is 2.02. The highest BCUT2D eigenvalue weighted by Crippen LogP contribution is 2.28. The van der Waals surface area contributed by atoms with Crippen molar-refractivity contribution in [2.75, 3.05) is 23.7 Å². The van der Waals surface area contributed by atoms with Crippen LogP contribution in [0.4, 0.5) is 20.5 Å². The minimum absolute atomic E-state index is 0.0471. The molecule has 1 fully saturated rings. The fourth-order valence-corrected chi connectivity index (χ4v) is 2.99. The van der Waals surface area contributed by atoms with Crippen LogP contribution in [0.5, 0.6) is 0 Å². The number of nitriles is 1. The smallest absolute Gasteiger partial charge is 0.222 e. The lowest BCUT2D eigenvalue weighted by atomic mass is 10.0. The molecule has 0 saturated carbocycles. The molecule has 1 aromatic carbocycles. The average molecular weight is 329 g/mol. The molecule has 0 spiro atoms. The van der Waals surface area contributed by atoms with Crippen LogP contribution in [-0.4, -0.2) is 23.1 Å². The Morgan fingerprint density at radius 2 is 1.96 bits per heavy atom. The molecule has 5 nitrogen and oxygen atoms in total. The molecule has 2 N–H and O–H groups in total. The van der Waals surface area contributed by atoms with Crippen LogP contribution in [-0.2, 0) is 0 Å². The molecule has 3 rings (SSSR count). The van der Waals surface area contributed by atoms with E-state index in [9.17, 15) is 8.78 Å². The van der Waals surface area contributed by atoms with Crippen molar-refractivity contribution in [2.24, 2.45) is 5.92 Å². The highest BCUT2D eigenvalue weighted by Gasteiger charge is 2.20. The second kappa shape index (κ2) is 6.40. The molecule has 124 valence electrons. The number of hydrogen-bond acceptors (Lipinski definition) is 5. The number of nitrogens with two attached hydrogens (primary N) is 1. The highest BCUT2D eigenvalue weighted by molar-refractivity contribution is 5.65. The van der Waals surface area contributed by atoms with Crippen molar-refractivity contribution in [2.45, 2.75) is 19.8 Å². The normalized spacial score (nSPS) is 17.6. The minimum atomic E-state index is -0.919. The Hall–Kier alpha value is -2.75. The Labute approximate surface area is 138 Å². The molecule has 0 aliphatic carbocycles. The molecule has 2 aromatic rings. The maximum atomic E-state index is 13.9. The maximum absolute atomic E-state index is 13.9. The number of hydrogen-bond donors (Lipinski definition) is 1. The van der Waals surface area contributed by atoms with E-state index in [0.29, 0.717) is 17.4 Å². The van der Waals surface area contributed by atoms with Crippen molar-refractivity contribution in [3.05, 3.63) is 35.4 Å². The van der Waals surface area contributed by atoms with Crippen LogP contribution in [0.25, 0.3) is 11.3 Å². The number of nitrogen functional groups attached to an aromatic ring is 1. The van der Waals surface area contributed by atoms with Crippen molar-refractivity contribution >= 4 is 11.8 Å². The molecule has 0 amide bonds. The van der Waals surface area contributed by atoms with E-state index >= 15 is 0 Å². The first kappa shape index (κ1) is 16.1. The average Bonchev–Trinajstić information content (AvgIpc) is 2.54. The number of anilines is 2. The molecule has 1 aliphatic rings. The summed E-state index contributed by atoms with van der Waals surface area (Å²) in [4.78, 5) is 10.4. The van der Waals surface area contributed by atoms with Crippen LogP contribution in [0.15, 0.2) is 18.2 Å². The molecule has 1 aliphatic heterocycles. The van der Waals surface area contributed by atoms with Crippen molar-refractivity contribution in [3.8, 4) is 17.3 Å². The number of benzene rings is 1. The van der Waals surface area contributed by atoms with Crippen molar-refractivity contribution in [1.29, 1.82) is 5.26 Å². The predicted molar refractivity (Wildman–Crippen MR) is 87.1 cm³/mol. The van der Waals surface area contributed by atoms with Crippen LogP contribution in [0.2, 0.25) is 0 Å². The lowest BCUT2D eigenvalue weighted by Gasteiger charge is -2.32. The standard InChI is InChI=1S/C17H17F2N5/c1-10-3-2-4-24(9-10)16-7-15(22-17(21)23-16)11-5-13(18)12(8-20)14(19)6-11/h5-7,10H,2-4,9H2,1H3,(H2,21,22,23). The number of nitrogens with zero attached hydrogens (tertiary/aromatic N) is 4. The zero-order chi connectivity index (χ0) is 17.3. The topological polar surface area (TPSA) is 78.8 Å².